The SMILES string of the molecule is C[C@@]12C(=O)N(c3cc(Cl)cc(Cl)c3)C(=O)C1[C@@H]2c1ccc(C#N)cc1. The lowest BCUT2D eigenvalue weighted by atomic mass is 9.99. The minimum atomic E-state index is -0.764. The zero-order chi connectivity index (χ0) is 17.9. The third-order valence-electron chi connectivity index (χ3n) is 5.17. The summed E-state index contributed by atoms with van der Waals surface area (Å²) in [4.78, 5) is 27.0. The largest absolute Gasteiger partial charge is 0.274 e. The fourth-order valence-electron chi connectivity index (χ4n) is 3.87. The molecular weight excluding hydrogens is 359 g/mol. The Bertz CT molecular complexity index is 944. The smallest absolute Gasteiger partial charge is 0.241 e. The van der Waals surface area contributed by atoms with Gasteiger partial charge in [0.05, 0.1) is 28.7 Å². The number of nitrogens with zero attached hydrogens (tertiary/aromatic N) is 2. The number of amides is 2. The molecule has 0 aromatic heterocycles. The Morgan fingerprint density at radius 1 is 1.04 bits per heavy atom. The number of carbonyl (C=O) groups excluding carboxylic acids is 2. The molecule has 0 bridgehead atoms. The van der Waals surface area contributed by atoms with Crippen molar-refractivity contribution >= 4 is 40.7 Å². The number of carbonyl (C=O) groups is 2. The molecule has 3 atom stereocenters. The van der Waals surface area contributed by atoms with Gasteiger partial charge in [-0.2, -0.15) is 5.26 Å². The molecule has 1 saturated heterocycles. The van der Waals surface area contributed by atoms with E-state index in [2.05, 4.69) is 6.07 Å². The predicted molar refractivity (Wildman–Crippen MR) is 94.5 cm³/mol. The summed E-state index contributed by atoms with van der Waals surface area (Å²) >= 11 is 12.0. The third-order valence-corrected chi connectivity index (χ3v) is 5.61. The summed E-state index contributed by atoms with van der Waals surface area (Å²) in [6.07, 6.45) is 0. The molecular formula is C19H12Cl2N2O2. The van der Waals surface area contributed by atoms with Crippen LogP contribution in [0.1, 0.15) is 24.0 Å². The predicted octanol–water partition coefficient (Wildman–Crippen LogP) is 4.16. The first-order valence-corrected chi connectivity index (χ1v) is 8.48. The van der Waals surface area contributed by atoms with Crippen LogP contribution in [-0.4, -0.2) is 11.8 Å². The molecule has 124 valence electrons. The van der Waals surface area contributed by atoms with Crippen molar-refractivity contribution in [3.8, 4) is 6.07 Å². The van der Waals surface area contributed by atoms with Gasteiger partial charge < -0.3 is 0 Å². The number of fused-ring (bicyclic) bond motifs is 1. The maximum absolute atomic E-state index is 13.0. The first-order chi connectivity index (χ1) is 11.9. The molecule has 0 radical (unpaired) electrons. The van der Waals surface area contributed by atoms with Crippen molar-refractivity contribution in [1.29, 1.82) is 5.26 Å². The second-order valence-electron chi connectivity index (χ2n) is 6.58. The monoisotopic (exact) mass is 370 g/mol. The van der Waals surface area contributed by atoms with Crippen LogP contribution in [0.15, 0.2) is 42.5 Å². The van der Waals surface area contributed by atoms with Crippen LogP contribution in [0.3, 0.4) is 0 Å². The maximum atomic E-state index is 13.0. The number of benzene rings is 2. The van der Waals surface area contributed by atoms with Crippen LogP contribution in [0.5, 0.6) is 0 Å². The van der Waals surface area contributed by atoms with Crippen LogP contribution < -0.4 is 4.90 Å². The molecule has 1 heterocycles. The van der Waals surface area contributed by atoms with Gasteiger partial charge in [-0.25, -0.2) is 4.90 Å². The summed E-state index contributed by atoms with van der Waals surface area (Å²) in [6, 6.07) is 13.8. The van der Waals surface area contributed by atoms with Gasteiger partial charge in [-0.3, -0.25) is 9.59 Å². The van der Waals surface area contributed by atoms with Crippen molar-refractivity contribution in [2.75, 3.05) is 4.90 Å². The van der Waals surface area contributed by atoms with Crippen molar-refractivity contribution in [3.63, 3.8) is 0 Å². The lowest BCUT2D eigenvalue weighted by Crippen LogP contribution is -2.36. The third kappa shape index (κ3) is 2.20. The average Bonchev–Trinajstić information content (AvgIpc) is 3.15. The Kier molecular flexibility index (Phi) is 3.44. The number of anilines is 1. The lowest BCUT2D eigenvalue weighted by molar-refractivity contribution is -0.125. The standard InChI is InChI=1S/C19H12Cl2N2O2/c1-19-15(11-4-2-10(9-22)3-5-11)16(19)17(24)23(18(19)25)14-7-12(20)6-13(21)8-14/h2-8,15-16H,1H3/t15-,16?,19-/m0/s1. The summed E-state index contributed by atoms with van der Waals surface area (Å²) in [7, 11) is 0. The number of hydrogen-bond donors (Lipinski definition) is 0. The molecule has 0 spiro atoms. The Morgan fingerprint density at radius 2 is 1.64 bits per heavy atom. The van der Waals surface area contributed by atoms with E-state index in [1.54, 1.807) is 30.3 Å². The molecule has 1 unspecified atom stereocenters. The highest BCUT2D eigenvalue weighted by molar-refractivity contribution is 6.36. The Hall–Kier alpha value is -2.35. The van der Waals surface area contributed by atoms with E-state index in [-0.39, 0.29) is 17.7 Å². The van der Waals surface area contributed by atoms with E-state index in [9.17, 15) is 9.59 Å². The molecule has 4 nitrogen and oxygen atoms in total. The molecule has 2 amide bonds. The first kappa shape index (κ1) is 16.1. The summed E-state index contributed by atoms with van der Waals surface area (Å²) in [5.41, 5.74) is 1.09. The van der Waals surface area contributed by atoms with E-state index in [0.29, 0.717) is 21.3 Å². The average molecular weight is 371 g/mol. The molecule has 2 aromatic carbocycles. The fourth-order valence-corrected chi connectivity index (χ4v) is 4.39. The molecule has 1 aliphatic carbocycles. The molecule has 2 aliphatic rings. The minimum Gasteiger partial charge on any atom is -0.274 e. The molecule has 4 rings (SSSR count). The van der Waals surface area contributed by atoms with Crippen LogP contribution in [-0.2, 0) is 9.59 Å². The number of imide groups is 1. The molecule has 6 heteroatoms. The van der Waals surface area contributed by atoms with Crippen LogP contribution in [0.25, 0.3) is 0 Å². The highest BCUT2D eigenvalue weighted by Gasteiger charge is 2.76. The summed E-state index contributed by atoms with van der Waals surface area (Å²) in [5.74, 6) is -1.03. The van der Waals surface area contributed by atoms with Crippen LogP contribution in [0.4, 0.5) is 5.69 Å². The molecule has 1 saturated carbocycles. The minimum absolute atomic E-state index is 0.161. The summed E-state index contributed by atoms with van der Waals surface area (Å²) in [5, 5.41) is 9.64. The zero-order valence-corrected chi connectivity index (χ0v) is 14.7. The van der Waals surface area contributed by atoms with Gasteiger partial charge in [-0.1, -0.05) is 35.3 Å². The van der Waals surface area contributed by atoms with E-state index in [1.807, 2.05) is 19.1 Å². The van der Waals surface area contributed by atoms with Crippen LogP contribution in [0, 0.1) is 22.7 Å². The molecule has 2 aromatic rings. The highest BCUT2D eigenvalue weighted by Crippen LogP contribution is 2.69. The quantitative estimate of drug-likeness (QED) is 0.745. The van der Waals surface area contributed by atoms with E-state index in [4.69, 9.17) is 28.5 Å². The van der Waals surface area contributed by atoms with Gasteiger partial charge in [0.1, 0.15) is 0 Å². The van der Waals surface area contributed by atoms with E-state index in [0.717, 1.165) is 5.56 Å². The fraction of sp³-hybridized carbons (Fsp3) is 0.211. The van der Waals surface area contributed by atoms with Crippen molar-refractivity contribution in [2.45, 2.75) is 12.8 Å². The van der Waals surface area contributed by atoms with Crippen molar-refractivity contribution in [2.24, 2.45) is 11.3 Å². The van der Waals surface area contributed by atoms with Gasteiger partial charge in [0.2, 0.25) is 11.8 Å². The van der Waals surface area contributed by atoms with E-state index < -0.39 is 11.3 Å². The van der Waals surface area contributed by atoms with Crippen molar-refractivity contribution in [1.82, 2.24) is 0 Å². The summed E-state index contributed by atoms with van der Waals surface area (Å²) in [6.45, 7) is 1.81. The van der Waals surface area contributed by atoms with Crippen molar-refractivity contribution < 1.29 is 9.59 Å². The molecule has 25 heavy (non-hydrogen) atoms. The molecule has 1 aliphatic heterocycles. The van der Waals surface area contributed by atoms with E-state index >= 15 is 0 Å². The highest BCUT2D eigenvalue weighted by atomic mass is 35.5. The molecule has 0 N–H and O–H groups in total. The number of hydrogen-bond acceptors (Lipinski definition) is 3. The second-order valence-corrected chi connectivity index (χ2v) is 7.45. The maximum Gasteiger partial charge on any atom is 0.241 e. The van der Waals surface area contributed by atoms with Gasteiger partial charge >= 0.3 is 0 Å². The Morgan fingerprint density at radius 3 is 2.12 bits per heavy atom. The number of halogens is 2. The zero-order valence-electron chi connectivity index (χ0n) is 13.2. The van der Waals surface area contributed by atoms with Crippen LogP contribution in [0.2, 0.25) is 10.0 Å². The Balaban J connectivity index is 1.68. The van der Waals surface area contributed by atoms with Gasteiger partial charge in [0.25, 0.3) is 0 Å². The summed E-state index contributed by atoms with van der Waals surface area (Å²) < 4.78 is 0. The lowest BCUT2D eigenvalue weighted by Gasteiger charge is -2.21. The van der Waals surface area contributed by atoms with Crippen molar-refractivity contribution in [3.05, 3.63) is 63.6 Å². The first-order valence-electron chi connectivity index (χ1n) is 7.72. The van der Waals surface area contributed by atoms with E-state index in [1.165, 1.54) is 4.90 Å². The van der Waals surface area contributed by atoms with Crippen LogP contribution >= 0.6 is 23.2 Å². The van der Waals surface area contributed by atoms with Gasteiger partial charge in [-0.05, 0) is 42.8 Å². The topological polar surface area (TPSA) is 61.2 Å². The van der Waals surface area contributed by atoms with Gasteiger partial charge in [-0.15, -0.1) is 0 Å². The number of piperidine rings is 1. The molecule has 2 fully saturated rings. The Labute approximate surface area is 154 Å². The van der Waals surface area contributed by atoms with Gasteiger partial charge in [0.15, 0.2) is 0 Å². The normalized spacial score (nSPS) is 27.2. The number of rotatable bonds is 2. The number of nitriles is 1. The van der Waals surface area contributed by atoms with Gasteiger partial charge in [0, 0.05) is 16.0 Å². The second kappa shape index (κ2) is 5.32.